The number of hydrogen-bond acceptors (Lipinski definition) is 6. The van der Waals surface area contributed by atoms with Gasteiger partial charge < -0.3 is 31.3 Å². The van der Waals surface area contributed by atoms with Crippen molar-refractivity contribution in [2.75, 3.05) is 19.7 Å². The largest absolute Gasteiger partial charge is 0.482 e. The van der Waals surface area contributed by atoms with Crippen molar-refractivity contribution in [3.63, 3.8) is 0 Å². The fourth-order valence-corrected chi connectivity index (χ4v) is 2.13. The number of aliphatic carboxylic acids is 2. The summed E-state index contributed by atoms with van der Waals surface area (Å²) in [6.45, 7) is -0.514. The van der Waals surface area contributed by atoms with Gasteiger partial charge in [0, 0.05) is 5.56 Å². The number of carbonyl (C=O) groups excluding carboxylic acids is 2. The van der Waals surface area contributed by atoms with E-state index in [2.05, 4.69) is 10.6 Å². The molecule has 1 rings (SSSR count). The van der Waals surface area contributed by atoms with Crippen molar-refractivity contribution < 1.29 is 34.1 Å². The molecular weight excluding hydrogens is 358 g/mol. The van der Waals surface area contributed by atoms with Crippen LogP contribution in [0.1, 0.15) is 29.6 Å². The zero-order valence-electron chi connectivity index (χ0n) is 14.6. The third kappa shape index (κ3) is 8.68. The van der Waals surface area contributed by atoms with E-state index in [0.29, 0.717) is 19.4 Å². The van der Waals surface area contributed by atoms with Gasteiger partial charge in [0.2, 0.25) is 5.91 Å². The second-order valence-corrected chi connectivity index (χ2v) is 5.64. The van der Waals surface area contributed by atoms with Gasteiger partial charge in [0.1, 0.15) is 11.8 Å². The monoisotopic (exact) mass is 381 g/mol. The summed E-state index contributed by atoms with van der Waals surface area (Å²) in [5.74, 6) is -3.33. The minimum atomic E-state index is -1.16. The third-order valence-corrected chi connectivity index (χ3v) is 3.45. The van der Waals surface area contributed by atoms with Gasteiger partial charge in [-0.2, -0.15) is 0 Å². The highest BCUT2D eigenvalue weighted by Gasteiger charge is 2.19. The number of carbonyl (C=O) groups is 4. The molecule has 148 valence electrons. The van der Waals surface area contributed by atoms with Gasteiger partial charge in [0.15, 0.2) is 6.61 Å². The lowest BCUT2D eigenvalue weighted by molar-refractivity contribution is -0.142. The first kappa shape index (κ1) is 21.9. The van der Waals surface area contributed by atoms with Crippen molar-refractivity contribution in [3.05, 3.63) is 29.8 Å². The fraction of sp³-hybridized carbons (Fsp3) is 0.412. The second kappa shape index (κ2) is 11.5. The van der Waals surface area contributed by atoms with Gasteiger partial charge in [-0.3, -0.25) is 9.59 Å². The van der Waals surface area contributed by atoms with Crippen LogP contribution in [-0.4, -0.2) is 59.7 Å². The van der Waals surface area contributed by atoms with Gasteiger partial charge in [0.25, 0.3) is 5.91 Å². The highest BCUT2D eigenvalue weighted by molar-refractivity contribution is 5.97. The van der Waals surface area contributed by atoms with Crippen molar-refractivity contribution in [2.24, 2.45) is 5.73 Å². The number of amides is 2. The lowest BCUT2D eigenvalue weighted by atomic mass is 10.1. The molecule has 10 nitrogen and oxygen atoms in total. The highest BCUT2D eigenvalue weighted by atomic mass is 16.5. The first-order chi connectivity index (χ1) is 12.8. The Hall–Kier alpha value is -3.14. The Morgan fingerprint density at radius 3 is 2.52 bits per heavy atom. The van der Waals surface area contributed by atoms with Crippen LogP contribution >= 0.6 is 0 Å². The van der Waals surface area contributed by atoms with Crippen molar-refractivity contribution in [3.8, 4) is 5.75 Å². The van der Waals surface area contributed by atoms with Crippen LogP contribution in [0.4, 0.5) is 0 Å². The molecule has 1 aromatic carbocycles. The zero-order valence-corrected chi connectivity index (χ0v) is 14.6. The number of carboxylic acids is 2. The minimum absolute atomic E-state index is 0.170. The number of nitrogens with one attached hydrogen (secondary N) is 2. The van der Waals surface area contributed by atoms with Gasteiger partial charge in [0.05, 0.1) is 6.54 Å². The molecule has 1 atom stereocenters. The van der Waals surface area contributed by atoms with Gasteiger partial charge in [-0.15, -0.1) is 0 Å². The Kier molecular flexibility index (Phi) is 9.30. The van der Waals surface area contributed by atoms with Crippen LogP contribution in [0.2, 0.25) is 0 Å². The Labute approximate surface area is 155 Å². The van der Waals surface area contributed by atoms with Gasteiger partial charge in [-0.1, -0.05) is 6.07 Å². The molecule has 0 fully saturated rings. The molecule has 0 aromatic heterocycles. The van der Waals surface area contributed by atoms with Crippen LogP contribution in [0.15, 0.2) is 24.3 Å². The number of benzene rings is 1. The molecule has 1 aromatic rings. The van der Waals surface area contributed by atoms with E-state index in [1.165, 1.54) is 24.3 Å². The molecule has 2 amide bonds. The molecule has 0 heterocycles. The molecule has 10 heteroatoms. The van der Waals surface area contributed by atoms with E-state index >= 15 is 0 Å². The molecule has 0 aliphatic carbocycles. The summed E-state index contributed by atoms with van der Waals surface area (Å²) in [6.07, 6.45) is 1.45. The van der Waals surface area contributed by atoms with Crippen LogP contribution in [0.5, 0.6) is 5.75 Å². The van der Waals surface area contributed by atoms with Gasteiger partial charge >= 0.3 is 11.9 Å². The first-order valence-electron chi connectivity index (χ1n) is 8.28. The van der Waals surface area contributed by atoms with Crippen molar-refractivity contribution >= 4 is 23.8 Å². The highest BCUT2D eigenvalue weighted by Crippen LogP contribution is 2.13. The number of hydrogen-bond donors (Lipinski definition) is 5. The third-order valence-electron chi connectivity index (χ3n) is 3.45. The quantitative estimate of drug-likeness (QED) is 0.304. The fourth-order valence-electron chi connectivity index (χ4n) is 2.13. The maximum absolute atomic E-state index is 12.1. The van der Waals surface area contributed by atoms with Crippen molar-refractivity contribution in [1.82, 2.24) is 10.6 Å². The van der Waals surface area contributed by atoms with Crippen LogP contribution in [0.3, 0.4) is 0 Å². The smallest absolute Gasteiger partial charge is 0.341 e. The number of unbranched alkanes of at least 4 members (excludes halogenated alkanes) is 1. The van der Waals surface area contributed by atoms with E-state index in [1.54, 1.807) is 0 Å². The van der Waals surface area contributed by atoms with E-state index < -0.39 is 42.9 Å². The van der Waals surface area contributed by atoms with E-state index in [4.69, 9.17) is 20.7 Å². The van der Waals surface area contributed by atoms with Crippen LogP contribution in [-0.2, 0) is 14.4 Å². The number of rotatable bonds is 12. The van der Waals surface area contributed by atoms with E-state index in [1.807, 2.05) is 0 Å². The molecule has 0 unspecified atom stereocenters. The van der Waals surface area contributed by atoms with Gasteiger partial charge in [-0.25, -0.2) is 9.59 Å². The zero-order chi connectivity index (χ0) is 20.2. The average molecular weight is 381 g/mol. The molecule has 0 bridgehead atoms. The summed E-state index contributed by atoms with van der Waals surface area (Å²) in [5, 5.41) is 22.4. The molecule has 0 aliphatic heterocycles. The SMILES string of the molecule is NCCCC[C@H](NC(=O)CNC(=O)c1cccc(OCC(=O)O)c1)C(=O)O. The molecule has 0 spiro atoms. The molecule has 0 aliphatic rings. The molecular formula is C17H23N3O7. The number of carboxylic acid groups (broad SMARTS) is 2. The topological polar surface area (TPSA) is 168 Å². The van der Waals surface area contributed by atoms with Crippen LogP contribution in [0, 0.1) is 0 Å². The summed E-state index contributed by atoms with van der Waals surface area (Å²) in [4.78, 5) is 45.6. The van der Waals surface area contributed by atoms with Crippen LogP contribution in [0.25, 0.3) is 0 Å². The van der Waals surface area contributed by atoms with Crippen molar-refractivity contribution in [2.45, 2.75) is 25.3 Å². The molecule has 0 radical (unpaired) electrons. The van der Waals surface area contributed by atoms with Crippen molar-refractivity contribution in [1.29, 1.82) is 0 Å². The predicted octanol–water partition coefficient (Wildman–Crippen LogP) is -0.422. The summed E-state index contributed by atoms with van der Waals surface area (Å²) in [7, 11) is 0. The lowest BCUT2D eigenvalue weighted by Gasteiger charge is -2.14. The second-order valence-electron chi connectivity index (χ2n) is 5.64. The van der Waals surface area contributed by atoms with E-state index in [9.17, 15) is 19.2 Å². The molecule has 0 saturated carbocycles. The summed E-state index contributed by atoms with van der Waals surface area (Å²) < 4.78 is 4.98. The van der Waals surface area contributed by atoms with E-state index in [-0.39, 0.29) is 17.7 Å². The Balaban J connectivity index is 2.52. The summed E-state index contributed by atoms with van der Waals surface area (Å²) >= 11 is 0. The summed E-state index contributed by atoms with van der Waals surface area (Å²) in [6, 6.07) is 4.75. The average Bonchev–Trinajstić information content (AvgIpc) is 2.63. The number of nitrogens with two attached hydrogens (primary N) is 1. The Bertz CT molecular complexity index is 678. The van der Waals surface area contributed by atoms with E-state index in [0.717, 1.165) is 0 Å². The first-order valence-corrected chi connectivity index (χ1v) is 8.28. The predicted molar refractivity (Wildman–Crippen MR) is 94.4 cm³/mol. The van der Waals surface area contributed by atoms with Crippen LogP contribution < -0.4 is 21.1 Å². The normalized spacial score (nSPS) is 11.3. The van der Waals surface area contributed by atoms with Gasteiger partial charge in [-0.05, 0) is 44.0 Å². The lowest BCUT2D eigenvalue weighted by Crippen LogP contribution is -2.45. The molecule has 6 N–H and O–H groups in total. The Morgan fingerprint density at radius 1 is 1.15 bits per heavy atom. The maximum Gasteiger partial charge on any atom is 0.341 e. The minimum Gasteiger partial charge on any atom is -0.482 e. The maximum atomic E-state index is 12.1. The standard InChI is InChI=1S/C17H23N3O7/c18-7-2-1-6-13(17(25)26)20-14(21)9-19-16(24)11-4-3-5-12(8-11)27-10-15(22)23/h3-5,8,13H,1-2,6-7,9-10,18H2,(H,19,24)(H,20,21)(H,22,23)(H,25,26)/t13-/m0/s1. The number of ether oxygens (including phenoxy) is 1. The summed E-state index contributed by atoms with van der Waals surface area (Å²) in [5.41, 5.74) is 5.52. The molecule has 0 saturated heterocycles. The molecule has 27 heavy (non-hydrogen) atoms. The Morgan fingerprint density at radius 2 is 1.89 bits per heavy atom.